The standard InChI is InChI=1S/C12H10N4O/c1-8-10(7-13-15-8)11-14-12(17-16-11)9-5-3-2-4-6-9/h2-7H,1H3,(H,13,15). The second-order valence-electron chi connectivity index (χ2n) is 3.70. The Bertz CT molecular complexity index is 627. The van der Waals surface area contributed by atoms with E-state index in [1.165, 1.54) is 0 Å². The molecule has 0 spiro atoms. The van der Waals surface area contributed by atoms with Crippen LogP contribution in [0.2, 0.25) is 0 Å². The highest BCUT2D eigenvalue weighted by atomic mass is 16.5. The molecule has 0 unspecified atom stereocenters. The topological polar surface area (TPSA) is 67.6 Å². The van der Waals surface area contributed by atoms with Gasteiger partial charge < -0.3 is 4.52 Å². The summed E-state index contributed by atoms with van der Waals surface area (Å²) in [6.45, 7) is 1.92. The van der Waals surface area contributed by atoms with Gasteiger partial charge in [0.15, 0.2) is 0 Å². The van der Waals surface area contributed by atoms with Crippen molar-refractivity contribution in [1.29, 1.82) is 0 Å². The first-order valence-corrected chi connectivity index (χ1v) is 5.24. The summed E-state index contributed by atoms with van der Waals surface area (Å²) in [5.41, 5.74) is 2.69. The molecule has 0 aliphatic rings. The summed E-state index contributed by atoms with van der Waals surface area (Å²) in [5.74, 6) is 1.07. The smallest absolute Gasteiger partial charge is 0.258 e. The van der Waals surface area contributed by atoms with E-state index in [9.17, 15) is 0 Å². The Morgan fingerprint density at radius 2 is 2.00 bits per heavy atom. The summed E-state index contributed by atoms with van der Waals surface area (Å²) in [4.78, 5) is 4.35. The molecule has 0 saturated heterocycles. The molecule has 17 heavy (non-hydrogen) atoms. The van der Waals surface area contributed by atoms with Gasteiger partial charge in [0.2, 0.25) is 5.82 Å². The lowest BCUT2D eigenvalue weighted by molar-refractivity contribution is 0.432. The highest BCUT2D eigenvalue weighted by Crippen LogP contribution is 2.22. The molecule has 0 fully saturated rings. The van der Waals surface area contributed by atoms with Crippen LogP contribution in [-0.2, 0) is 0 Å². The van der Waals surface area contributed by atoms with Gasteiger partial charge in [0.1, 0.15) is 0 Å². The second-order valence-corrected chi connectivity index (χ2v) is 3.70. The number of aryl methyl sites for hydroxylation is 1. The van der Waals surface area contributed by atoms with Crippen LogP contribution in [0.15, 0.2) is 41.1 Å². The number of hydrogen-bond donors (Lipinski definition) is 1. The monoisotopic (exact) mass is 226 g/mol. The number of hydrogen-bond acceptors (Lipinski definition) is 4. The van der Waals surface area contributed by atoms with Crippen LogP contribution < -0.4 is 0 Å². The van der Waals surface area contributed by atoms with Crippen molar-refractivity contribution >= 4 is 0 Å². The zero-order valence-electron chi connectivity index (χ0n) is 9.21. The highest BCUT2D eigenvalue weighted by Gasteiger charge is 2.12. The van der Waals surface area contributed by atoms with Crippen molar-refractivity contribution in [3.05, 3.63) is 42.2 Å². The third-order valence-electron chi connectivity index (χ3n) is 2.52. The molecule has 0 bridgehead atoms. The van der Waals surface area contributed by atoms with Crippen molar-refractivity contribution in [2.24, 2.45) is 0 Å². The van der Waals surface area contributed by atoms with E-state index in [4.69, 9.17) is 4.52 Å². The van der Waals surface area contributed by atoms with E-state index in [0.717, 1.165) is 16.8 Å². The van der Waals surface area contributed by atoms with E-state index < -0.39 is 0 Å². The van der Waals surface area contributed by atoms with Crippen molar-refractivity contribution in [3.63, 3.8) is 0 Å². The fourth-order valence-electron chi connectivity index (χ4n) is 1.61. The van der Waals surface area contributed by atoms with E-state index in [1.54, 1.807) is 6.20 Å². The van der Waals surface area contributed by atoms with E-state index >= 15 is 0 Å². The van der Waals surface area contributed by atoms with Gasteiger partial charge in [0.05, 0.1) is 11.8 Å². The average Bonchev–Trinajstić information content (AvgIpc) is 2.98. The summed E-state index contributed by atoms with van der Waals surface area (Å²) in [6.07, 6.45) is 1.69. The number of aromatic amines is 1. The molecule has 84 valence electrons. The normalized spacial score (nSPS) is 10.6. The number of H-pyrrole nitrogens is 1. The fraction of sp³-hybridized carbons (Fsp3) is 0.0833. The van der Waals surface area contributed by atoms with Crippen molar-refractivity contribution in [3.8, 4) is 22.8 Å². The Hall–Kier alpha value is -2.43. The molecule has 3 aromatic rings. The maximum atomic E-state index is 5.23. The Morgan fingerprint density at radius 3 is 2.71 bits per heavy atom. The molecule has 0 aliphatic carbocycles. The van der Waals surface area contributed by atoms with Crippen LogP contribution >= 0.6 is 0 Å². The third kappa shape index (κ3) is 1.71. The van der Waals surface area contributed by atoms with Gasteiger partial charge >= 0.3 is 0 Å². The molecule has 0 aliphatic heterocycles. The zero-order valence-corrected chi connectivity index (χ0v) is 9.21. The lowest BCUT2D eigenvalue weighted by atomic mass is 10.2. The molecular formula is C12H10N4O. The Labute approximate surface area is 97.5 Å². The average molecular weight is 226 g/mol. The third-order valence-corrected chi connectivity index (χ3v) is 2.52. The lowest BCUT2D eigenvalue weighted by Gasteiger charge is -1.90. The van der Waals surface area contributed by atoms with Crippen LogP contribution in [0.25, 0.3) is 22.8 Å². The van der Waals surface area contributed by atoms with Crippen molar-refractivity contribution in [1.82, 2.24) is 20.3 Å². The summed E-state index contributed by atoms with van der Waals surface area (Å²) < 4.78 is 5.23. The Morgan fingerprint density at radius 1 is 1.18 bits per heavy atom. The number of nitrogens with zero attached hydrogens (tertiary/aromatic N) is 3. The molecule has 2 aromatic heterocycles. The van der Waals surface area contributed by atoms with Gasteiger partial charge in [-0.1, -0.05) is 23.4 Å². The molecule has 0 radical (unpaired) electrons. The fourth-order valence-corrected chi connectivity index (χ4v) is 1.61. The zero-order chi connectivity index (χ0) is 11.7. The molecule has 0 amide bonds. The van der Waals surface area contributed by atoms with Gasteiger partial charge in [-0.3, -0.25) is 5.10 Å². The molecule has 3 rings (SSSR count). The van der Waals surface area contributed by atoms with Crippen LogP contribution in [0.4, 0.5) is 0 Å². The molecule has 5 nitrogen and oxygen atoms in total. The SMILES string of the molecule is Cc1[nH]ncc1-c1noc(-c2ccccc2)n1. The molecule has 1 N–H and O–H groups in total. The van der Waals surface area contributed by atoms with Gasteiger partial charge in [-0.2, -0.15) is 10.1 Å². The summed E-state index contributed by atoms with van der Waals surface area (Å²) in [6, 6.07) is 9.67. The number of rotatable bonds is 2. The van der Waals surface area contributed by atoms with Crippen molar-refractivity contribution < 1.29 is 4.52 Å². The van der Waals surface area contributed by atoms with Gasteiger partial charge in [0, 0.05) is 11.3 Å². The number of benzene rings is 1. The van der Waals surface area contributed by atoms with Crippen LogP contribution in [0, 0.1) is 6.92 Å². The number of nitrogens with one attached hydrogen (secondary N) is 1. The van der Waals surface area contributed by atoms with Crippen molar-refractivity contribution in [2.75, 3.05) is 0 Å². The molecule has 0 saturated carbocycles. The summed E-state index contributed by atoms with van der Waals surface area (Å²) in [7, 11) is 0. The Balaban J connectivity index is 2.02. The van der Waals surface area contributed by atoms with E-state index in [2.05, 4.69) is 20.3 Å². The number of aromatic nitrogens is 4. The minimum Gasteiger partial charge on any atom is -0.334 e. The van der Waals surface area contributed by atoms with E-state index in [-0.39, 0.29) is 0 Å². The molecule has 1 aromatic carbocycles. The van der Waals surface area contributed by atoms with Crippen molar-refractivity contribution in [2.45, 2.75) is 6.92 Å². The minimum atomic E-state index is 0.515. The molecule has 0 atom stereocenters. The van der Waals surface area contributed by atoms with Gasteiger partial charge in [0.25, 0.3) is 5.89 Å². The predicted molar refractivity (Wildman–Crippen MR) is 62.1 cm³/mol. The van der Waals surface area contributed by atoms with Crippen LogP contribution in [0.5, 0.6) is 0 Å². The van der Waals surface area contributed by atoms with Gasteiger partial charge in [-0.15, -0.1) is 0 Å². The predicted octanol–water partition coefficient (Wildman–Crippen LogP) is 2.44. The maximum Gasteiger partial charge on any atom is 0.258 e. The summed E-state index contributed by atoms with van der Waals surface area (Å²) in [5, 5.41) is 10.7. The summed E-state index contributed by atoms with van der Waals surface area (Å²) >= 11 is 0. The molecule has 2 heterocycles. The highest BCUT2D eigenvalue weighted by molar-refractivity contribution is 5.60. The largest absolute Gasteiger partial charge is 0.334 e. The minimum absolute atomic E-state index is 0.515. The van der Waals surface area contributed by atoms with Crippen LogP contribution in [-0.4, -0.2) is 20.3 Å². The first-order valence-electron chi connectivity index (χ1n) is 5.24. The lowest BCUT2D eigenvalue weighted by Crippen LogP contribution is -1.81. The Kier molecular flexibility index (Phi) is 2.22. The van der Waals surface area contributed by atoms with E-state index in [1.807, 2.05) is 37.3 Å². The maximum absolute atomic E-state index is 5.23. The van der Waals surface area contributed by atoms with Crippen LogP contribution in [0.1, 0.15) is 5.69 Å². The molecule has 5 heteroatoms. The first kappa shape index (κ1) is 9.77. The second kappa shape index (κ2) is 3.86. The van der Waals surface area contributed by atoms with Gasteiger partial charge in [-0.25, -0.2) is 0 Å². The quantitative estimate of drug-likeness (QED) is 0.728. The van der Waals surface area contributed by atoms with Gasteiger partial charge in [-0.05, 0) is 19.1 Å². The first-order chi connectivity index (χ1) is 8.34. The molecular weight excluding hydrogens is 216 g/mol. The van der Waals surface area contributed by atoms with Crippen LogP contribution in [0.3, 0.4) is 0 Å². The van der Waals surface area contributed by atoms with E-state index in [0.29, 0.717) is 11.7 Å².